The lowest BCUT2D eigenvalue weighted by atomic mass is 10.1. The molecule has 2 heterocycles. The third kappa shape index (κ3) is 5.02. The predicted octanol–water partition coefficient (Wildman–Crippen LogP) is 0.773. The average Bonchev–Trinajstić information content (AvgIpc) is 2.46. The lowest BCUT2D eigenvalue weighted by Crippen LogP contribution is -2.48. The van der Waals surface area contributed by atoms with Gasteiger partial charge in [-0.1, -0.05) is 0 Å². The van der Waals surface area contributed by atoms with Crippen molar-refractivity contribution in [2.45, 2.75) is 26.3 Å². The minimum absolute atomic E-state index is 0.130. The van der Waals surface area contributed by atoms with E-state index in [0.29, 0.717) is 17.9 Å². The monoisotopic (exact) mass is 341 g/mol. The molecule has 2 N–H and O–H groups in total. The van der Waals surface area contributed by atoms with Gasteiger partial charge in [0, 0.05) is 44.5 Å². The number of aliphatic hydroxyl groups excluding tert-OH is 1. The highest BCUT2D eigenvalue weighted by Gasteiger charge is 2.25. The second kappa shape index (κ2) is 7.42. The van der Waals surface area contributed by atoms with Gasteiger partial charge in [-0.25, -0.2) is 4.98 Å². The van der Waals surface area contributed by atoms with Crippen molar-refractivity contribution >= 4 is 23.3 Å². The molecule has 1 aromatic heterocycles. The fourth-order valence-corrected chi connectivity index (χ4v) is 2.61. The predicted molar refractivity (Wildman–Crippen MR) is 90.0 cm³/mol. The van der Waals surface area contributed by atoms with Crippen LogP contribution in [-0.4, -0.2) is 70.8 Å². The van der Waals surface area contributed by atoms with Crippen LogP contribution in [0, 0.1) is 0 Å². The zero-order chi connectivity index (χ0) is 17.0. The molecule has 1 amide bonds. The largest absolute Gasteiger partial charge is 0.395 e. The highest BCUT2D eigenvalue weighted by atomic mass is 35.5. The van der Waals surface area contributed by atoms with Crippen molar-refractivity contribution in [1.82, 2.24) is 20.2 Å². The number of β-amino-alcohol motifs (C(OH)–C–C–N with tert-alkyl or cyclic N) is 1. The first-order valence-corrected chi connectivity index (χ1v) is 8.11. The minimum atomic E-state index is -0.339. The molecule has 0 bridgehead atoms. The van der Waals surface area contributed by atoms with Crippen molar-refractivity contribution in [3.63, 3.8) is 0 Å². The maximum Gasteiger partial charge on any atom is 0.257 e. The fraction of sp³-hybridized carbons (Fsp3) is 0.667. The van der Waals surface area contributed by atoms with Gasteiger partial charge in [-0.2, -0.15) is 4.98 Å². The highest BCUT2D eigenvalue weighted by Crippen LogP contribution is 2.21. The maximum atomic E-state index is 12.5. The molecule has 0 radical (unpaired) electrons. The van der Waals surface area contributed by atoms with Gasteiger partial charge in [-0.05, 0) is 32.4 Å². The second-order valence-corrected chi connectivity index (χ2v) is 6.97. The van der Waals surface area contributed by atoms with Gasteiger partial charge in [0.1, 0.15) is 11.4 Å². The molecule has 1 saturated heterocycles. The number of carbonyl (C=O) groups is 1. The number of rotatable bonds is 4. The Kier molecular flexibility index (Phi) is 5.78. The number of aromatic nitrogens is 2. The summed E-state index contributed by atoms with van der Waals surface area (Å²) in [4.78, 5) is 24.9. The van der Waals surface area contributed by atoms with Crippen molar-refractivity contribution in [3.05, 3.63) is 17.0 Å². The Hall–Kier alpha value is -1.44. The summed E-state index contributed by atoms with van der Waals surface area (Å²) in [6.07, 6.45) is 1.48. The Morgan fingerprint density at radius 2 is 2.00 bits per heavy atom. The lowest BCUT2D eigenvalue weighted by Gasteiger charge is -2.35. The van der Waals surface area contributed by atoms with Crippen LogP contribution in [0.2, 0.25) is 5.28 Å². The fourth-order valence-electron chi connectivity index (χ4n) is 2.49. The topological polar surface area (TPSA) is 81.6 Å². The van der Waals surface area contributed by atoms with Gasteiger partial charge in [-0.3, -0.25) is 9.69 Å². The van der Waals surface area contributed by atoms with Gasteiger partial charge in [0.2, 0.25) is 5.28 Å². The summed E-state index contributed by atoms with van der Waals surface area (Å²) in [6, 6.07) is 0. The normalized spacial score (nSPS) is 16.5. The number of halogens is 1. The number of hydrogen-bond acceptors (Lipinski definition) is 6. The van der Waals surface area contributed by atoms with E-state index in [4.69, 9.17) is 16.7 Å². The molecule has 7 nitrogen and oxygen atoms in total. The molecule has 23 heavy (non-hydrogen) atoms. The Bertz CT molecular complexity index is 553. The van der Waals surface area contributed by atoms with Crippen LogP contribution in [-0.2, 0) is 0 Å². The van der Waals surface area contributed by atoms with Crippen LogP contribution >= 0.6 is 11.6 Å². The summed E-state index contributed by atoms with van der Waals surface area (Å²) < 4.78 is 0. The standard InChI is InChI=1S/C15H24ClN5O2/c1-15(2,3)19-13(23)11-10-17-14(16)18-12(11)21-6-4-20(5-7-21)8-9-22/h10,22H,4-9H2,1-3H3,(H,19,23). The van der Waals surface area contributed by atoms with Crippen LogP contribution in [0.3, 0.4) is 0 Å². The number of hydrogen-bond donors (Lipinski definition) is 2. The molecule has 0 unspecified atom stereocenters. The van der Waals surface area contributed by atoms with E-state index in [-0.39, 0.29) is 23.3 Å². The summed E-state index contributed by atoms with van der Waals surface area (Å²) >= 11 is 5.93. The summed E-state index contributed by atoms with van der Waals surface area (Å²) in [6.45, 7) is 9.66. The zero-order valence-electron chi connectivity index (χ0n) is 13.8. The van der Waals surface area contributed by atoms with Crippen molar-refractivity contribution in [1.29, 1.82) is 0 Å². The Labute approximate surface area is 141 Å². The molecule has 1 aliphatic heterocycles. The number of nitrogens with one attached hydrogen (secondary N) is 1. The van der Waals surface area contributed by atoms with Crippen LogP contribution in [0.5, 0.6) is 0 Å². The molecule has 1 fully saturated rings. The van der Waals surface area contributed by atoms with Crippen molar-refractivity contribution < 1.29 is 9.90 Å². The first-order valence-electron chi connectivity index (χ1n) is 7.73. The number of amides is 1. The first-order chi connectivity index (χ1) is 10.8. The van der Waals surface area contributed by atoms with E-state index in [2.05, 4.69) is 20.2 Å². The van der Waals surface area contributed by atoms with Crippen LogP contribution in [0.4, 0.5) is 5.82 Å². The lowest BCUT2D eigenvalue weighted by molar-refractivity contribution is 0.0919. The molecule has 8 heteroatoms. The molecular weight excluding hydrogens is 318 g/mol. The van der Waals surface area contributed by atoms with Gasteiger partial charge in [0.25, 0.3) is 5.91 Å². The molecule has 2 rings (SSSR count). The van der Waals surface area contributed by atoms with E-state index in [1.165, 1.54) is 6.20 Å². The SMILES string of the molecule is CC(C)(C)NC(=O)c1cnc(Cl)nc1N1CCN(CCO)CC1. The number of anilines is 1. The van der Waals surface area contributed by atoms with Gasteiger partial charge in [0.15, 0.2) is 0 Å². The van der Waals surface area contributed by atoms with Crippen molar-refractivity contribution in [2.75, 3.05) is 44.2 Å². The molecule has 1 aliphatic rings. The Balaban J connectivity index is 2.18. The van der Waals surface area contributed by atoms with Gasteiger partial charge in [-0.15, -0.1) is 0 Å². The van der Waals surface area contributed by atoms with E-state index in [1.54, 1.807) is 0 Å². The van der Waals surface area contributed by atoms with E-state index in [9.17, 15) is 4.79 Å². The minimum Gasteiger partial charge on any atom is -0.395 e. The second-order valence-electron chi connectivity index (χ2n) is 6.63. The molecular formula is C15H24ClN5O2. The zero-order valence-corrected chi connectivity index (χ0v) is 14.6. The van der Waals surface area contributed by atoms with Crippen LogP contribution in [0.1, 0.15) is 31.1 Å². The van der Waals surface area contributed by atoms with Crippen LogP contribution < -0.4 is 10.2 Å². The summed E-state index contributed by atoms with van der Waals surface area (Å²) in [5.41, 5.74) is 0.0910. The third-order valence-electron chi connectivity index (χ3n) is 3.56. The quantitative estimate of drug-likeness (QED) is 0.787. The van der Waals surface area contributed by atoms with Gasteiger partial charge < -0.3 is 15.3 Å². The third-order valence-corrected chi connectivity index (χ3v) is 3.74. The number of piperazine rings is 1. The first kappa shape index (κ1) is 17.9. The van der Waals surface area contributed by atoms with Gasteiger partial charge >= 0.3 is 0 Å². The summed E-state index contributed by atoms with van der Waals surface area (Å²) in [5.74, 6) is 0.359. The van der Waals surface area contributed by atoms with Crippen LogP contribution in [0.15, 0.2) is 6.20 Å². The van der Waals surface area contributed by atoms with Crippen molar-refractivity contribution in [3.8, 4) is 0 Å². The van der Waals surface area contributed by atoms with E-state index in [0.717, 1.165) is 26.2 Å². The number of nitrogens with zero attached hydrogens (tertiary/aromatic N) is 4. The molecule has 0 saturated carbocycles. The Morgan fingerprint density at radius 1 is 1.35 bits per heavy atom. The molecule has 0 atom stereocenters. The molecule has 0 spiro atoms. The van der Waals surface area contributed by atoms with E-state index in [1.807, 2.05) is 25.7 Å². The molecule has 1 aromatic rings. The van der Waals surface area contributed by atoms with E-state index < -0.39 is 0 Å². The smallest absolute Gasteiger partial charge is 0.257 e. The number of carbonyl (C=O) groups excluding carboxylic acids is 1. The van der Waals surface area contributed by atoms with Crippen molar-refractivity contribution in [2.24, 2.45) is 0 Å². The molecule has 0 aliphatic carbocycles. The Morgan fingerprint density at radius 3 is 2.57 bits per heavy atom. The maximum absolute atomic E-state index is 12.5. The number of aliphatic hydroxyl groups is 1. The van der Waals surface area contributed by atoms with E-state index >= 15 is 0 Å². The summed E-state index contributed by atoms with van der Waals surface area (Å²) in [7, 11) is 0. The average molecular weight is 342 g/mol. The summed E-state index contributed by atoms with van der Waals surface area (Å²) in [5, 5.41) is 12.1. The molecule has 0 aromatic carbocycles. The van der Waals surface area contributed by atoms with Crippen LogP contribution in [0.25, 0.3) is 0 Å². The molecule has 128 valence electrons. The van der Waals surface area contributed by atoms with Gasteiger partial charge in [0.05, 0.1) is 6.61 Å². The highest BCUT2D eigenvalue weighted by molar-refractivity contribution is 6.28.